The Balaban J connectivity index is 1.80. The molecule has 0 radical (unpaired) electrons. The fourth-order valence-corrected chi connectivity index (χ4v) is 2.79. The number of nitrogens with zero attached hydrogens (tertiary/aromatic N) is 2. The average Bonchev–Trinajstić information content (AvgIpc) is 2.96. The van der Waals surface area contributed by atoms with Gasteiger partial charge in [-0.3, -0.25) is 4.79 Å². The molecular weight excluding hydrogens is 368 g/mol. The number of halogens is 1. The van der Waals surface area contributed by atoms with Crippen molar-refractivity contribution in [2.45, 2.75) is 13.3 Å². The van der Waals surface area contributed by atoms with E-state index in [0.29, 0.717) is 17.3 Å². The molecule has 3 rings (SSSR count). The zero-order valence-corrected chi connectivity index (χ0v) is 15.1. The number of hydrogen-bond donors (Lipinski definition) is 0. The van der Waals surface area contributed by atoms with E-state index < -0.39 is 0 Å². The number of carbonyl (C=O) groups is 1. The number of amides is 1. The van der Waals surface area contributed by atoms with E-state index in [4.69, 9.17) is 4.42 Å². The van der Waals surface area contributed by atoms with Crippen LogP contribution in [0.2, 0.25) is 0 Å². The van der Waals surface area contributed by atoms with Crippen LogP contribution in [-0.2, 0) is 11.2 Å². The molecule has 1 aromatic heterocycles. The molecule has 0 spiro atoms. The van der Waals surface area contributed by atoms with Crippen LogP contribution >= 0.6 is 15.9 Å². The number of likely N-dealkylation sites (N-methyl/N-ethyl adjacent to an activating group) is 1. The zero-order valence-electron chi connectivity index (χ0n) is 13.5. The van der Waals surface area contributed by atoms with Gasteiger partial charge in [0.15, 0.2) is 0 Å². The first kappa shape index (κ1) is 16.5. The molecule has 0 fully saturated rings. The molecule has 0 saturated carbocycles. The quantitative estimate of drug-likeness (QED) is 0.659. The van der Waals surface area contributed by atoms with Crippen LogP contribution in [0.25, 0.3) is 11.5 Å². The lowest BCUT2D eigenvalue weighted by molar-refractivity contribution is -0.117. The van der Waals surface area contributed by atoms with Gasteiger partial charge in [-0.2, -0.15) is 0 Å². The van der Waals surface area contributed by atoms with Crippen molar-refractivity contribution in [1.29, 1.82) is 0 Å². The van der Waals surface area contributed by atoms with E-state index in [0.717, 1.165) is 15.7 Å². The fraction of sp³-hybridized carbons (Fsp3) is 0.158. The van der Waals surface area contributed by atoms with Gasteiger partial charge in [0.05, 0.1) is 12.1 Å². The van der Waals surface area contributed by atoms with Crippen LogP contribution in [0.4, 0.5) is 5.69 Å². The molecule has 0 unspecified atom stereocenters. The van der Waals surface area contributed by atoms with Gasteiger partial charge in [0.2, 0.25) is 11.8 Å². The van der Waals surface area contributed by atoms with Crippen molar-refractivity contribution in [3.63, 3.8) is 0 Å². The minimum absolute atomic E-state index is 0.0293. The van der Waals surface area contributed by atoms with E-state index in [2.05, 4.69) is 20.9 Å². The summed E-state index contributed by atoms with van der Waals surface area (Å²) in [7, 11) is 1.77. The van der Waals surface area contributed by atoms with Crippen LogP contribution in [0.5, 0.6) is 0 Å². The summed E-state index contributed by atoms with van der Waals surface area (Å²) in [5, 5.41) is 0. The van der Waals surface area contributed by atoms with Crippen LogP contribution in [-0.4, -0.2) is 17.9 Å². The third-order valence-electron chi connectivity index (χ3n) is 3.80. The summed E-state index contributed by atoms with van der Waals surface area (Å²) in [5.74, 6) is 1.16. The van der Waals surface area contributed by atoms with Gasteiger partial charge in [-0.15, -0.1) is 0 Å². The fourth-order valence-electron chi connectivity index (χ4n) is 2.39. The summed E-state index contributed by atoms with van der Waals surface area (Å²) in [4.78, 5) is 18.6. The lowest BCUT2D eigenvalue weighted by Gasteiger charge is -2.16. The van der Waals surface area contributed by atoms with E-state index in [-0.39, 0.29) is 12.3 Å². The van der Waals surface area contributed by atoms with Crippen LogP contribution in [0.1, 0.15) is 11.5 Å². The van der Waals surface area contributed by atoms with E-state index in [1.54, 1.807) is 11.9 Å². The van der Waals surface area contributed by atoms with Gasteiger partial charge in [0.25, 0.3) is 0 Å². The third kappa shape index (κ3) is 3.57. The molecule has 0 aliphatic heterocycles. The Morgan fingerprint density at radius 1 is 1.17 bits per heavy atom. The van der Waals surface area contributed by atoms with Gasteiger partial charge in [0, 0.05) is 22.8 Å². The second kappa shape index (κ2) is 7.01. The molecule has 0 N–H and O–H groups in total. The Labute approximate surface area is 149 Å². The highest BCUT2D eigenvalue weighted by Gasteiger charge is 2.18. The zero-order chi connectivity index (χ0) is 17.1. The Hall–Kier alpha value is -2.40. The average molecular weight is 385 g/mol. The minimum atomic E-state index is -0.0293. The van der Waals surface area contributed by atoms with Gasteiger partial charge in [0.1, 0.15) is 5.76 Å². The Morgan fingerprint density at radius 3 is 2.62 bits per heavy atom. The normalized spacial score (nSPS) is 10.6. The van der Waals surface area contributed by atoms with Crippen molar-refractivity contribution < 1.29 is 9.21 Å². The highest BCUT2D eigenvalue weighted by Crippen LogP contribution is 2.25. The Morgan fingerprint density at radius 2 is 1.92 bits per heavy atom. The molecule has 1 heterocycles. The molecule has 24 heavy (non-hydrogen) atoms. The van der Waals surface area contributed by atoms with Crippen molar-refractivity contribution >= 4 is 27.5 Å². The number of aryl methyl sites for hydroxylation is 1. The van der Waals surface area contributed by atoms with Crippen LogP contribution < -0.4 is 4.90 Å². The number of rotatable bonds is 4. The summed E-state index contributed by atoms with van der Waals surface area (Å²) in [5.41, 5.74) is 2.40. The smallest absolute Gasteiger partial charge is 0.232 e. The molecule has 4 nitrogen and oxygen atoms in total. The van der Waals surface area contributed by atoms with E-state index in [1.165, 1.54) is 0 Å². The molecular formula is C19H17BrN2O2. The monoisotopic (exact) mass is 384 g/mol. The Kier molecular flexibility index (Phi) is 4.81. The standard InChI is InChI=1S/C19H17BrN2O2/c1-13-17(12-18(23)22(2)16-9-4-3-5-10-16)21-19(24-13)14-7-6-8-15(20)11-14/h3-11H,12H2,1-2H3. The third-order valence-corrected chi connectivity index (χ3v) is 4.29. The van der Waals surface area contributed by atoms with Crippen LogP contribution in [0.15, 0.2) is 63.5 Å². The molecule has 0 saturated heterocycles. The Bertz CT molecular complexity index is 859. The molecule has 3 aromatic rings. The van der Waals surface area contributed by atoms with Gasteiger partial charge in [-0.25, -0.2) is 4.98 Å². The van der Waals surface area contributed by atoms with Crippen molar-refractivity contribution in [2.75, 3.05) is 11.9 Å². The van der Waals surface area contributed by atoms with E-state index in [1.807, 2.05) is 61.5 Å². The van der Waals surface area contributed by atoms with Crippen molar-refractivity contribution in [3.8, 4) is 11.5 Å². The predicted octanol–water partition coefficient (Wildman–Crippen LogP) is 4.62. The summed E-state index contributed by atoms with van der Waals surface area (Å²) in [6, 6.07) is 17.3. The summed E-state index contributed by atoms with van der Waals surface area (Å²) >= 11 is 3.44. The molecule has 0 aliphatic rings. The molecule has 0 aliphatic carbocycles. The highest BCUT2D eigenvalue weighted by molar-refractivity contribution is 9.10. The topological polar surface area (TPSA) is 46.3 Å². The number of oxazole rings is 1. The van der Waals surface area contributed by atoms with Crippen molar-refractivity contribution in [1.82, 2.24) is 4.98 Å². The maximum absolute atomic E-state index is 12.5. The lowest BCUT2D eigenvalue weighted by atomic mass is 10.2. The first-order chi connectivity index (χ1) is 11.5. The first-order valence-corrected chi connectivity index (χ1v) is 8.38. The maximum Gasteiger partial charge on any atom is 0.232 e. The minimum Gasteiger partial charge on any atom is -0.441 e. The molecule has 122 valence electrons. The van der Waals surface area contributed by atoms with Gasteiger partial charge >= 0.3 is 0 Å². The number of para-hydroxylation sites is 1. The van der Waals surface area contributed by atoms with Gasteiger partial charge in [-0.05, 0) is 37.3 Å². The summed E-state index contributed by atoms with van der Waals surface area (Å²) < 4.78 is 6.70. The molecule has 1 amide bonds. The van der Waals surface area contributed by atoms with Gasteiger partial charge < -0.3 is 9.32 Å². The number of benzene rings is 2. The largest absolute Gasteiger partial charge is 0.441 e. The second-order valence-corrected chi connectivity index (χ2v) is 6.41. The second-order valence-electron chi connectivity index (χ2n) is 5.50. The molecule has 0 bridgehead atoms. The van der Waals surface area contributed by atoms with E-state index >= 15 is 0 Å². The first-order valence-electron chi connectivity index (χ1n) is 7.58. The number of carbonyl (C=O) groups excluding carboxylic acids is 1. The summed E-state index contributed by atoms with van der Waals surface area (Å²) in [6.07, 6.45) is 0.203. The molecule has 0 atom stereocenters. The number of hydrogen-bond acceptors (Lipinski definition) is 3. The van der Waals surface area contributed by atoms with Crippen LogP contribution in [0.3, 0.4) is 0 Å². The SMILES string of the molecule is Cc1oc(-c2cccc(Br)c2)nc1CC(=O)N(C)c1ccccc1. The van der Waals surface area contributed by atoms with Crippen LogP contribution in [0, 0.1) is 6.92 Å². The predicted molar refractivity (Wildman–Crippen MR) is 97.9 cm³/mol. The lowest BCUT2D eigenvalue weighted by Crippen LogP contribution is -2.28. The highest BCUT2D eigenvalue weighted by atomic mass is 79.9. The maximum atomic E-state index is 12.5. The van der Waals surface area contributed by atoms with Gasteiger partial charge in [-0.1, -0.05) is 40.2 Å². The number of aromatic nitrogens is 1. The molecule has 2 aromatic carbocycles. The number of anilines is 1. The van der Waals surface area contributed by atoms with Crippen molar-refractivity contribution in [2.24, 2.45) is 0 Å². The van der Waals surface area contributed by atoms with Crippen molar-refractivity contribution in [3.05, 3.63) is 70.5 Å². The molecule has 5 heteroatoms. The summed E-state index contributed by atoms with van der Waals surface area (Å²) in [6.45, 7) is 1.83. The van der Waals surface area contributed by atoms with E-state index in [9.17, 15) is 4.79 Å².